The molecule has 0 aliphatic carbocycles. The van der Waals surface area contributed by atoms with Crippen LogP contribution in [-0.2, 0) is 76.2 Å². The van der Waals surface area contributed by atoms with E-state index in [1.165, 1.54) is 51.3 Å². The van der Waals surface area contributed by atoms with E-state index in [0.717, 1.165) is 35.3 Å². The second-order valence-corrected chi connectivity index (χ2v) is 26.8. The van der Waals surface area contributed by atoms with Crippen molar-refractivity contribution in [3.63, 3.8) is 0 Å². The SMILES string of the molecule is C[C@H](NC(=O)[C@@H]1CCCN1C(=O)[C@H](C)NC(=O)[C@H](C)NC(=O)[C@@H]1CCCN1C(=O)[C@@H](NC(=O)[C@@H]1CCCN1C(=O)[C@H](C)NC(=O)[C@H](C)NC(=O)[C@@H]1CCCN1C(=O)[C@H](C)NC(=O)CNC(=O)CNC(=O)CCCC[C@@H]1SC[C@@H]2NC(=O)N[C@@H]21)[C@@H](C)OP(=O)(O)O)C(N)=O. The van der Waals surface area contributed by atoms with E-state index in [-0.39, 0.29) is 101 Å². The highest BCUT2D eigenvalue weighted by Crippen LogP contribution is 2.39. The van der Waals surface area contributed by atoms with E-state index in [4.69, 9.17) is 10.3 Å². The molecule has 15 N–H and O–H groups in total. The lowest BCUT2D eigenvalue weighted by molar-refractivity contribution is -0.146. The molecule has 37 heteroatoms. The molecule has 93 heavy (non-hydrogen) atoms. The summed E-state index contributed by atoms with van der Waals surface area (Å²) in [6.07, 6.45) is 2.61. The van der Waals surface area contributed by atoms with Crippen molar-refractivity contribution in [3.05, 3.63) is 0 Å². The highest BCUT2D eigenvalue weighted by Gasteiger charge is 2.47. The smallest absolute Gasteiger partial charge is 0.368 e. The first kappa shape index (κ1) is 74.4. The van der Waals surface area contributed by atoms with Gasteiger partial charge in [-0.15, -0.1) is 0 Å². The summed E-state index contributed by atoms with van der Waals surface area (Å²) < 4.78 is 17.0. The number of carbonyl (C=O) groups is 15. The van der Waals surface area contributed by atoms with Gasteiger partial charge < -0.3 is 93.6 Å². The van der Waals surface area contributed by atoms with Crippen LogP contribution < -0.4 is 64.2 Å². The van der Waals surface area contributed by atoms with Crippen molar-refractivity contribution in [1.29, 1.82) is 0 Å². The van der Waals surface area contributed by atoms with Gasteiger partial charge in [0, 0.05) is 43.6 Å². The number of nitrogens with zero attached hydrogens (tertiary/aromatic N) is 4. The van der Waals surface area contributed by atoms with Crippen LogP contribution in [0.3, 0.4) is 0 Å². The van der Waals surface area contributed by atoms with Gasteiger partial charge in [0.15, 0.2) is 0 Å². The normalized spacial score (nSPS) is 24.2. The summed E-state index contributed by atoms with van der Waals surface area (Å²) in [5.74, 6) is -9.31. The molecule has 0 aromatic carbocycles. The van der Waals surface area contributed by atoms with Crippen LogP contribution in [0.5, 0.6) is 0 Å². The minimum atomic E-state index is -5.33. The van der Waals surface area contributed by atoms with Crippen molar-refractivity contribution in [2.24, 2.45) is 5.73 Å². The van der Waals surface area contributed by atoms with E-state index in [0.29, 0.717) is 25.7 Å². The molecule has 15 atom stereocenters. The standard InChI is InChI=1S/C56H89N16O19PS/c1-27(45(57)76)61-48(79)35-14-10-21-70(35)53(84)31(5)64-47(78)29(3)63-50(81)37-16-13-23-72(37)55(86)43(33(7)91-92(88,89)90)67-51(82)38-17-12-22-71(38)54(85)32(6)65-46(77)28(2)62-49(80)36-15-11-20-69(36)52(83)30(4)60-42(75)25-59-41(74)24-58-40(73)19-9-8-18-39-44-34(26-93-39)66-56(87)68-44/h27-39,43-44H,8-26H2,1-7H3,(H2,57,76)(H,58,73)(H,59,74)(H,60,75)(H,61,79)(H,62,80)(H,63,81)(H,64,78)(H,65,77)(H,67,82)(H2,66,68,87)(H2,88,89,90)/t27-,28-,29-,30-,31-,32-,33+,34-,35-,36-,37-,38-,39-,43-,44-/m0/s1. The minimum absolute atomic E-state index is 0.00139. The van der Waals surface area contributed by atoms with Crippen LogP contribution in [0, 0.1) is 0 Å². The van der Waals surface area contributed by atoms with Crippen molar-refractivity contribution in [2.75, 3.05) is 45.0 Å². The van der Waals surface area contributed by atoms with Crippen molar-refractivity contribution in [2.45, 2.75) is 215 Å². The maximum atomic E-state index is 14.4. The number of nitrogens with one attached hydrogen (secondary N) is 11. The second-order valence-electron chi connectivity index (χ2n) is 24.3. The molecule has 6 aliphatic heterocycles. The maximum absolute atomic E-state index is 14.4. The Hall–Kier alpha value is -7.69. The summed E-state index contributed by atoms with van der Waals surface area (Å²) in [5, 5.41) is 28.5. The number of hydrogen-bond donors (Lipinski definition) is 14. The molecule has 0 bridgehead atoms. The lowest BCUT2D eigenvalue weighted by Gasteiger charge is -2.33. The summed E-state index contributed by atoms with van der Waals surface area (Å²) in [5.41, 5.74) is 5.26. The number of phosphoric ester groups is 1. The number of nitrogens with two attached hydrogens (primary N) is 1. The fraction of sp³-hybridized carbons (Fsp3) is 0.732. The quantitative estimate of drug-likeness (QED) is 0.0181. The lowest BCUT2D eigenvalue weighted by Crippen LogP contribution is -2.61. The first-order valence-corrected chi connectivity index (χ1v) is 33.9. The van der Waals surface area contributed by atoms with Gasteiger partial charge in [0.25, 0.3) is 0 Å². The Labute approximate surface area is 541 Å². The predicted octanol–water partition coefficient (Wildman–Crippen LogP) is -5.60. The summed E-state index contributed by atoms with van der Waals surface area (Å²) >= 11 is 1.78. The number of urea groups is 1. The molecule has 0 aromatic rings. The maximum Gasteiger partial charge on any atom is 0.469 e. The van der Waals surface area contributed by atoms with Gasteiger partial charge in [0.05, 0.1) is 31.3 Å². The van der Waals surface area contributed by atoms with Crippen molar-refractivity contribution in [3.8, 4) is 0 Å². The fourth-order valence-electron chi connectivity index (χ4n) is 12.1. The number of rotatable bonds is 30. The van der Waals surface area contributed by atoms with Crippen LogP contribution in [0.15, 0.2) is 0 Å². The van der Waals surface area contributed by atoms with Gasteiger partial charge in [-0.1, -0.05) is 6.42 Å². The Morgan fingerprint density at radius 3 is 1.40 bits per heavy atom. The molecule has 0 unspecified atom stereocenters. The number of fused-ring (bicyclic) bond motifs is 1. The molecular weight excluding hydrogens is 1260 g/mol. The Kier molecular flexibility index (Phi) is 26.7. The van der Waals surface area contributed by atoms with Gasteiger partial charge in [0.1, 0.15) is 66.5 Å². The number of phosphoric acid groups is 1. The largest absolute Gasteiger partial charge is 0.469 e. The lowest BCUT2D eigenvalue weighted by atomic mass is 10.0. The molecule has 6 heterocycles. The number of thioether (sulfide) groups is 1. The van der Waals surface area contributed by atoms with Gasteiger partial charge in [-0.2, -0.15) is 11.8 Å². The number of unbranched alkanes of at least 4 members (excludes halogenated alkanes) is 1. The summed E-state index contributed by atoms with van der Waals surface area (Å²) in [6.45, 7) is 8.63. The van der Waals surface area contributed by atoms with Crippen molar-refractivity contribution < 1.29 is 90.8 Å². The van der Waals surface area contributed by atoms with Gasteiger partial charge in [-0.25, -0.2) is 9.36 Å². The molecule has 35 nitrogen and oxygen atoms in total. The highest BCUT2D eigenvalue weighted by atomic mass is 32.2. The number of likely N-dealkylation sites (tertiary alicyclic amines) is 4. The fourth-order valence-corrected chi connectivity index (χ4v) is 14.2. The molecule has 16 amide bonds. The molecule has 0 saturated carbocycles. The number of hydrogen-bond acceptors (Lipinski definition) is 18. The Morgan fingerprint density at radius 1 is 0.538 bits per heavy atom. The van der Waals surface area contributed by atoms with Crippen molar-refractivity contribution >= 4 is 108 Å². The summed E-state index contributed by atoms with van der Waals surface area (Å²) in [6, 6.07) is -13.6. The van der Waals surface area contributed by atoms with Crippen LogP contribution in [0.2, 0.25) is 0 Å². The van der Waals surface area contributed by atoms with Crippen LogP contribution in [-0.4, -0.2) is 253 Å². The number of primary amides is 1. The summed E-state index contributed by atoms with van der Waals surface area (Å²) in [7, 11) is -5.33. The second kappa shape index (κ2) is 33.4. The van der Waals surface area contributed by atoms with Gasteiger partial charge >= 0.3 is 13.9 Å². The van der Waals surface area contributed by atoms with Crippen LogP contribution in [0.1, 0.15) is 126 Å². The molecular formula is C56H89N16O19PS. The van der Waals surface area contributed by atoms with Gasteiger partial charge in [0.2, 0.25) is 82.7 Å². The average Bonchev–Trinajstić information content (AvgIpc) is 1.91. The molecule has 0 radical (unpaired) electrons. The number of amides is 16. The Balaban J connectivity index is 0.941. The van der Waals surface area contributed by atoms with Crippen LogP contribution in [0.4, 0.5) is 4.79 Å². The van der Waals surface area contributed by atoms with Crippen LogP contribution >= 0.6 is 19.6 Å². The topological polar surface area (TPSA) is 494 Å². The molecule has 518 valence electrons. The average molecular weight is 1350 g/mol. The van der Waals surface area contributed by atoms with E-state index in [9.17, 15) is 86.3 Å². The molecule has 0 spiro atoms. The van der Waals surface area contributed by atoms with E-state index in [2.05, 4.69) is 58.5 Å². The Bertz CT molecular complexity index is 2920. The molecule has 6 saturated heterocycles. The third-order valence-electron chi connectivity index (χ3n) is 17.2. The van der Waals surface area contributed by atoms with E-state index in [1.54, 1.807) is 11.8 Å². The first-order valence-electron chi connectivity index (χ1n) is 31.4. The molecule has 6 aliphatic rings. The van der Waals surface area contributed by atoms with Crippen molar-refractivity contribution in [1.82, 2.24) is 78.1 Å². The monoisotopic (exact) mass is 1350 g/mol. The van der Waals surface area contributed by atoms with Gasteiger partial charge in [-0.3, -0.25) is 71.6 Å². The minimum Gasteiger partial charge on any atom is -0.368 e. The number of carbonyl (C=O) groups excluding carboxylic acids is 15. The predicted molar refractivity (Wildman–Crippen MR) is 328 cm³/mol. The third kappa shape index (κ3) is 20.4. The van der Waals surface area contributed by atoms with E-state index >= 15 is 0 Å². The molecule has 0 aromatic heterocycles. The van der Waals surface area contributed by atoms with E-state index < -0.39 is 164 Å². The molecule has 6 fully saturated rings. The Morgan fingerprint density at radius 2 is 0.946 bits per heavy atom. The molecule has 6 rings (SSSR count). The van der Waals surface area contributed by atoms with Gasteiger partial charge in [-0.05, 0) is 113 Å². The van der Waals surface area contributed by atoms with E-state index in [1.807, 2.05) is 0 Å². The zero-order valence-electron chi connectivity index (χ0n) is 53.2. The first-order chi connectivity index (χ1) is 43.8. The van der Waals surface area contributed by atoms with Crippen LogP contribution in [0.25, 0.3) is 0 Å². The zero-order chi connectivity index (χ0) is 68.8. The highest BCUT2D eigenvalue weighted by molar-refractivity contribution is 8.00. The zero-order valence-corrected chi connectivity index (χ0v) is 54.9. The third-order valence-corrected chi connectivity index (χ3v) is 19.3. The summed E-state index contributed by atoms with van der Waals surface area (Å²) in [4.78, 5) is 222.